The Morgan fingerprint density at radius 3 is 1.55 bits per heavy atom. The molecule has 118 valence electrons. The summed E-state index contributed by atoms with van der Waals surface area (Å²) in [5.74, 6) is -5.41. The minimum atomic E-state index is -4.48. The zero-order chi connectivity index (χ0) is 17.2. The predicted molar refractivity (Wildman–Crippen MR) is 63.1 cm³/mol. The molecule has 22 heavy (non-hydrogen) atoms. The Morgan fingerprint density at radius 1 is 0.955 bits per heavy atom. The van der Waals surface area contributed by atoms with E-state index >= 15 is 0 Å². The maximum atomic E-state index is 14.0. The van der Waals surface area contributed by atoms with Crippen LogP contribution in [0.3, 0.4) is 0 Å². The molecule has 0 amide bonds. The highest BCUT2D eigenvalue weighted by Crippen LogP contribution is 2.41. The Kier molecular flexibility index (Phi) is 4.15. The van der Waals surface area contributed by atoms with E-state index in [1.807, 2.05) is 0 Å². The van der Waals surface area contributed by atoms with E-state index in [2.05, 4.69) is 4.74 Å². The summed E-state index contributed by atoms with van der Waals surface area (Å²) < 4.78 is 18.4. The van der Waals surface area contributed by atoms with Gasteiger partial charge in [0.15, 0.2) is 5.56 Å². The minimum Gasteiger partial charge on any atom is -0.485 e. The first kappa shape index (κ1) is 16.6. The van der Waals surface area contributed by atoms with Crippen molar-refractivity contribution in [1.29, 1.82) is 0 Å². The van der Waals surface area contributed by atoms with E-state index < -0.39 is 48.3 Å². The van der Waals surface area contributed by atoms with Crippen molar-refractivity contribution in [3.8, 4) is 5.75 Å². The molecule has 0 N–H and O–H groups in total. The zero-order valence-electron chi connectivity index (χ0n) is 10.5. The highest BCUT2D eigenvalue weighted by Gasteiger charge is 2.61. The van der Waals surface area contributed by atoms with Crippen LogP contribution >= 0.6 is 0 Å². The number of halogens is 1. The van der Waals surface area contributed by atoms with Gasteiger partial charge in [0, 0.05) is 12.1 Å². The largest absolute Gasteiger partial charge is 0.643 e. The minimum absolute atomic E-state index is 0.136. The van der Waals surface area contributed by atoms with Gasteiger partial charge in [-0.2, -0.15) is 0 Å². The Morgan fingerprint density at radius 2 is 1.32 bits per heavy atom. The Hall–Kier alpha value is -3.45. The van der Waals surface area contributed by atoms with Crippen LogP contribution < -0.4 is 4.74 Å². The second-order valence-corrected chi connectivity index (χ2v) is 3.66. The summed E-state index contributed by atoms with van der Waals surface area (Å²) in [5.41, 5.74) is -3.93. The number of nitro groups is 4. The molecule has 1 aromatic rings. The third kappa shape index (κ3) is 2.43. The molecule has 0 aliphatic carbocycles. The monoisotopic (exact) mass is 320 g/mol. The fourth-order valence-electron chi connectivity index (χ4n) is 1.54. The average molecular weight is 320 g/mol. The smallest absolute Gasteiger partial charge is 0.485 e. The number of hydrogen-bond donors (Lipinski definition) is 0. The van der Waals surface area contributed by atoms with E-state index in [0.29, 0.717) is 0 Å². The lowest BCUT2D eigenvalue weighted by atomic mass is 10.1. The highest BCUT2D eigenvalue weighted by molar-refractivity contribution is 5.62. The standard InChI is InChI=1S/C8H5FN4O9/c1-22-7-5(10(14)15)2-4(3-6(7)11(16)17)8(9,12(18)19)13(20)21/h2-3H,1H3. The molecule has 14 heteroatoms. The first-order chi connectivity index (χ1) is 10.1. The van der Waals surface area contributed by atoms with Crippen LogP contribution in [-0.4, -0.2) is 26.8 Å². The van der Waals surface area contributed by atoms with E-state index in [0.717, 1.165) is 7.11 Å². The van der Waals surface area contributed by atoms with Crippen LogP contribution in [0.15, 0.2) is 12.1 Å². The van der Waals surface area contributed by atoms with Gasteiger partial charge in [0.25, 0.3) is 5.75 Å². The molecule has 0 aromatic heterocycles. The molecule has 0 unspecified atom stereocenters. The van der Waals surface area contributed by atoms with Crippen LogP contribution in [0.1, 0.15) is 5.56 Å². The van der Waals surface area contributed by atoms with Gasteiger partial charge < -0.3 is 4.74 Å². The van der Waals surface area contributed by atoms with Crippen molar-refractivity contribution in [1.82, 2.24) is 0 Å². The predicted octanol–water partition coefficient (Wildman–Crippen LogP) is 1.14. The van der Waals surface area contributed by atoms with Gasteiger partial charge >= 0.3 is 17.3 Å². The van der Waals surface area contributed by atoms with Gasteiger partial charge in [0.2, 0.25) is 0 Å². The average Bonchev–Trinajstić information content (AvgIpc) is 2.43. The number of hydrogen-bond acceptors (Lipinski definition) is 9. The maximum absolute atomic E-state index is 14.0. The van der Waals surface area contributed by atoms with E-state index in [1.54, 1.807) is 0 Å². The SMILES string of the molecule is COc1c([N+](=O)[O-])cc(C(F)([N+](=O)[O-])[N+](=O)[O-])cc1[N+](=O)[O-]. The van der Waals surface area contributed by atoms with Crippen molar-refractivity contribution in [2.24, 2.45) is 0 Å². The fourth-order valence-corrected chi connectivity index (χ4v) is 1.54. The molecule has 13 nitrogen and oxygen atoms in total. The van der Waals surface area contributed by atoms with Crippen LogP contribution in [0, 0.1) is 40.5 Å². The molecule has 0 bridgehead atoms. The molecule has 0 heterocycles. The number of benzene rings is 1. The molecular weight excluding hydrogens is 315 g/mol. The second-order valence-electron chi connectivity index (χ2n) is 3.66. The first-order valence-corrected chi connectivity index (χ1v) is 5.06. The Balaban J connectivity index is 3.85. The quantitative estimate of drug-likeness (QED) is 0.321. The maximum Gasteiger partial charge on any atom is 0.643 e. The summed E-state index contributed by atoms with van der Waals surface area (Å²) in [6.07, 6.45) is 0. The first-order valence-electron chi connectivity index (χ1n) is 5.06. The van der Waals surface area contributed by atoms with Gasteiger partial charge in [-0.05, 0) is 0 Å². The van der Waals surface area contributed by atoms with Crippen LogP contribution in [-0.2, 0) is 5.92 Å². The van der Waals surface area contributed by atoms with Crippen molar-refractivity contribution in [2.75, 3.05) is 7.11 Å². The fraction of sp³-hybridized carbons (Fsp3) is 0.250. The molecule has 1 aromatic carbocycles. The molecule has 1 rings (SSSR count). The molecule has 0 aliphatic heterocycles. The van der Waals surface area contributed by atoms with E-state index in [-0.39, 0.29) is 12.1 Å². The number of methoxy groups -OCH3 is 1. The van der Waals surface area contributed by atoms with Crippen LogP contribution in [0.4, 0.5) is 15.8 Å². The summed E-state index contributed by atoms with van der Waals surface area (Å²) >= 11 is 0. The molecule has 0 saturated heterocycles. The lowest BCUT2D eigenvalue weighted by Crippen LogP contribution is -2.38. The normalized spacial score (nSPS) is 10.8. The lowest BCUT2D eigenvalue weighted by molar-refractivity contribution is -0.846. The van der Waals surface area contributed by atoms with Gasteiger partial charge in [-0.15, -0.1) is 0 Å². The van der Waals surface area contributed by atoms with Crippen molar-refractivity contribution in [3.63, 3.8) is 0 Å². The molecular formula is C8H5FN4O9. The number of alkyl halides is 1. The van der Waals surface area contributed by atoms with Crippen LogP contribution in [0.25, 0.3) is 0 Å². The zero-order valence-corrected chi connectivity index (χ0v) is 10.5. The lowest BCUT2D eigenvalue weighted by Gasteiger charge is -2.09. The number of nitro benzene ring substituents is 2. The summed E-state index contributed by atoms with van der Waals surface area (Å²) in [6.45, 7) is 0. The topological polar surface area (TPSA) is 182 Å². The van der Waals surface area contributed by atoms with E-state index in [9.17, 15) is 44.8 Å². The number of ether oxygens (including phenoxy) is 1. The summed E-state index contributed by atoms with van der Waals surface area (Å²) in [6, 6.07) is 0.273. The molecule has 0 spiro atoms. The van der Waals surface area contributed by atoms with Crippen LogP contribution in [0.5, 0.6) is 5.75 Å². The van der Waals surface area contributed by atoms with Crippen LogP contribution in [0.2, 0.25) is 0 Å². The molecule has 0 atom stereocenters. The van der Waals surface area contributed by atoms with Gasteiger partial charge in [0.1, 0.15) is 9.85 Å². The van der Waals surface area contributed by atoms with Crippen molar-refractivity contribution in [2.45, 2.75) is 5.92 Å². The Labute approximate surface area is 118 Å². The second kappa shape index (κ2) is 5.51. The summed E-state index contributed by atoms with van der Waals surface area (Å²) in [4.78, 5) is 36.4. The number of rotatable bonds is 6. The summed E-state index contributed by atoms with van der Waals surface area (Å²) in [7, 11) is 0.832. The van der Waals surface area contributed by atoms with Gasteiger partial charge in [-0.25, -0.2) is 0 Å². The Bertz CT molecular complexity index is 641. The van der Waals surface area contributed by atoms with E-state index in [1.165, 1.54) is 0 Å². The van der Waals surface area contributed by atoms with Gasteiger partial charge in [-0.3, -0.25) is 40.5 Å². The van der Waals surface area contributed by atoms with Gasteiger partial charge in [0.05, 0.1) is 17.0 Å². The molecule has 0 saturated carbocycles. The third-order valence-corrected chi connectivity index (χ3v) is 2.50. The molecule has 0 radical (unpaired) electrons. The van der Waals surface area contributed by atoms with E-state index in [4.69, 9.17) is 0 Å². The van der Waals surface area contributed by atoms with Crippen molar-refractivity contribution < 1.29 is 28.8 Å². The van der Waals surface area contributed by atoms with Gasteiger partial charge in [-0.1, -0.05) is 4.39 Å². The van der Waals surface area contributed by atoms with Crippen molar-refractivity contribution >= 4 is 11.4 Å². The van der Waals surface area contributed by atoms with Crippen molar-refractivity contribution in [3.05, 3.63) is 58.2 Å². The number of nitrogens with zero attached hydrogens (tertiary/aromatic N) is 4. The summed E-state index contributed by atoms with van der Waals surface area (Å²) in [5, 5.41) is 42.8. The molecule has 0 fully saturated rings. The highest BCUT2D eigenvalue weighted by atomic mass is 19.2. The third-order valence-electron chi connectivity index (χ3n) is 2.50. The molecule has 0 aliphatic rings.